The maximum Gasteiger partial charge on any atom is 0.119 e. The Kier molecular flexibility index (Phi) is 7.31. The number of hydrogen-bond donors (Lipinski definition) is 2. The van der Waals surface area contributed by atoms with Crippen molar-refractivity contribution in [1.29, 1.82) is 0 Å². The Balaban J connectivity index is 0.00000289. The molecule has 5 heteroatoms. The Morgan fingerprint density at radius 1 is 1.12 bits per heavy atom. The first kappa shape index (κ1) is 23.1. The summed E-state index contributed by atoms with van der Waals surface area (Å²) in [6, 6.07) is 14.4. The molecule has 2 aliphatic heterocycles. The van der Waals surface area contributed by atoms with Crippen molar-refractivity contribution in [2.75, 3.05) is 39.4 Å². The summed E-state index contributed by atoms with van der Waals surface area (Å²) in [5.74, 6) is 1.23. The molecular weight excluding hydrogens is 427 g/mol. The van der Waals surface area contributed by atoms with E-state index >= 15 is 0 Å². The van der Waals surface area contributed by atoms with Crippen molar-refractivity contribution in [3.63, 3.8) is 0 Å². The van der Waals surface area contributed by atoms with E-state index in [-0.39, 0.29) is 14.2 Å². The smallest absolute Gasteiger partial charge is 0.119 e. The number of rotatable bonds is 7. The Bertz CT molecular complexity index is 1070. The lowest BCUT2D eigenvalue weighted by molar-refractivity contribution is 0.198. The first-order valence-electron chi connectivity index (χ1n) is 12.7. The van der Waals surface area contributed by atoms with E-state index < -0.39 is 0 Å². The van der Waals surface area contributed by atoms with Crippen LogP contribution in [0.5, 0.6) is 11.5 Å². The van der Waals surface area contributed by atoms with E-state index in [2.05, 4.69) is 46.6 Å². The van der Waals surface area contributed by atoms with Crippen molar-refractivity contribution in [3.8, 4) is 11.5 Å². The van der Waals surface area contributed by atoms with Gasteiger partial charge in [0.2, 0.25) is 0 Å². The van der Waals surface area contributed by atoms with Gasteiger partial charge >= 0.3 is 0 Å². The molecule has 34 heavy (non-hydrogen) atoms. The third-order valence-electron chi connectivity index (χ3n) is 7.27. The summed E-state index contributed by atoms with van der Waals surface area (Å²) in [6.45, 7) is 4.35. The normalized spacial score (nSPS) is 21.2. The van der Waals surface area contributed by atoms with Crippen LogP contribution in [0.15, 0.2) is 59.7 Å². The molecule has 0 amide bonds. The zero-order valence-electron chi connectivity index (χ0n) is 19.9. The van der Waals surface area contributed by atoms with Gasteiger partial charge in [-0.25, -0.2) is 0 Å². The molecule has 4 nitrogen and oxygen atoms in total. The van der Waals surface area contributed by atoms with E-state index in [1.807, 2.05) is 12.1 Å². The number of phenolic OH excluding ortho intramolecular Hbond substituents is 1. The molecule has 2 N–H and O–H groups in total. The van der Waals surface area contributed by atoms with Crippen LogP contribution in [0.4, 0.5) is 4.39 Å². The van der Waals surface area contributed by atoms with Gasteiger partial charge in [-0.05, 0) is 103 Å². The highest BCUT2D eigenvalue weighted by Crippen LogP contribution is 2.40. The highest BCUT2D eigenvalue weighted by atomic mass is 19.1. The second-order valence-corrected chi connectivity index (χ2v) is 9.63. The number of alkyl halides is 1. The Morgan fingerprint density at radius 2 is 2.00 bits per heavy atom. The summed E-state index contributed by atoms with van der Waals surface area (Å²) in [4.78, 5) is 2.29. The zero-order valence-corrected chi connectivity index (χ0v) is 19.9. The van der Waals surface area contributed by atoms with Crippen molar-refractivity contribution < 1.29 is 15.7 Å². The predicted octanol–water partition coefficient (Wildman–Crippen LogP) is 5.51. The first-order valence-corrected chi connectivity index (χ1v) is 12.7. The Hall–Kier alpha value is -2.63. The van der Waals surface area contributed by atoms with Crippen LogP contribution >= 0.6 is 0 Å². The lowest BCUT2D eigenvalue weighted by Crippen LogP contribution is -2.26. The van der Waals surface area contributed by atoms with Gasteiger partial charge in [-0.2, -0.15) is 0 Å². The number of allylic oxidation sites excluding steroid dienone is 1. The number of aromatic hydroxyl groups is 1. The molecule has 2 aromatic carbocycles. The van der Waals surface area contributed by atoms with Crippen LogP contribution < -0.4 is 10.1 Å². The summed E-state index contributed by atoms with van der Waals surface area (Å²) in [5, 5.41) is 13.6. The van der Waals surface area contributed by atoms with E-state index in [9.17, 15) is 9.50 Å². The predicted molar refractivity (Wildman–Crippen MR) is 137 cm³/mol. The fraction of sp³-hybridized carbons (Fsp3) is 0.448. The highest BCUT2D eigenvalue weighted by molar-refractivity contribution is 5.87. The molecule has 0 unspecified atom stereocenters. The minimum atomic E-state index is -0.252. The zero-order chi connectivity index (χ0) is 23.3. The summed E-state index contributed by atoms with van der Waals surface area (Å²) < 4.78 is 18.8. The number of fused-ring (bicyclic) bond motifs is 1. The van der Waals surface area contributed by atoms with Crippen LogP contribution in [0.3, 0.4) is 0 Å². The molecule has 3 aliphatic rings. The van der Waals surface area contributed by atoms with Gasteiger partial charge in [0.1, 0.15) is 17.6 Å². The van der Waals surface area contributed by atoms with Gasteiger partial charge in [-0.15, -0.1) is 0 Å². The first-order chi connectivity index (χ1) is 16.7. The van der Waals surface area contributed by atoms with Crippen LogP contribution in [0, 0.1) is 0 Å². The minimum Gasteiger partial charge on any atom is -0.508 e. The number of hydrogen-bond acceptors (Lipinski definition) is 4. The van der Waals surface area contributed by atoms with E-state index in [1.54, 1.807) is 0 Å². The van der Waals surface area contributed by atoms with E-state index in [1.165, 1.54) is 33.4 Å². The molecule has 0 radical (unpaired) electrons. The topological polar surface area (TPSA) is 44.7 Å². The van der Waals surface area contributed by atoms with Crippen molar-refractivity contribution in [3.05, 3.63) is 76.4 Å². The maximum atomic E-state index is 12.5. The molecule has 5 rings (SSSR count). The van der Waals surface area contributed by atoms with Crippen molar-refractivity contribution in [1.82, 2.24) is 10.2 Å². The number of likely N-dealkylation sites (tertiary alicyclic amines) is 1. The number of nitrogens with one attached hydrogen (secondary N) is 1. The van der Waals surface area contributed by atoms with Gasteiger partial charge in [0, 0.05) is 27.6 Å². The van der Waals surface area contributed by atoms with Crippen LogP contribution in [-0.2, 0) is 6.42 Å². The van der Waals surface area contributed by atoms with Gasteiger partial charge in [0.15, 0.2) is 0 Å². The second-order valence-electron chi connectivity index (χ2n) is 9.63. The molecule has 0 spiro atoms. The molecule has 182 valence electrons. The number of halogens is 1. The van der Waals surface area contributed by atoms with Crippen molar-refractivity contribution >= 4 is 5.57 Å². The monoisotopic (exact) mass is 464 g/mol. The standard InChI is InChI=1S/C29H35FN2O2.H2/c30-14-2-17-32-18-13-26(20-32)34-25-8-5-22(6-9-25)29-27(21-11-15-31-16-12-21)4-1-3-23-19-24(33)7-10-28(23)29;/h5-11,19,26,31,33H,1-4,12-18,20H2;1H/t26-;/m0./s1. The molecular formula is C29H37FN2O2. The van der Waals surface area contributed by atoms with E-state index in [0.29, 0.717) is 12.2 Å². The molecule has 0 aromatic heterocycles. The van der Waals surface area contributed by atoms with E-state index in [0.717, 1.165) is 70.6 Å². The SMILES string of the molecule is Oc1ccc2c(c1)CCCC(C1=CCNCC1)=C2c1ccc(O[C@H]2CCN(CCCF)C2)cc1.[HH]. The molecule has 0 bridgehead atoms. The Labute approximate surface area is 203 Å². The van der Waals surface area contributed by atoms with Gasteiger partial charge < -0.3 is 15.2 Å². The van der Waals surface area contributed by atoms with Crippen LogP contribution in [-0.4, -0.2) is 55.5 Å². The molecule has 1 fully saturated rings. The summed E-state index contributed by atoms with van der Waals surface area (Å²) in [6.07, 6.45) is 8.26. The summed E-state index contributed by atoms with van der Waals surface area (Å²) in [7, 11) is 0. The third-order valence-corrected chi connectivity index (χ3v) is 7.27. The molecule has 1 atom stereocenters. The Morgan fingerprint density at radius 3 is 2.79 bits per heavy atom. The lowest BCUT2D eigenvalue weighted by Gasteiger charge is -2.22. The fourth-order valence-electron chi connectivity index (χ4n) is 5.59. The van der Waals surface area contributed by atoms with E-state index in [4.69, 9.17) is 4.74 Å². The molecule has 1 saturated heterocycles. The largest absolute Gasteiger partial charge is 0.508 e. The van der Waals surface area contributed by atoms with Gasteiger partial charge in [-0.3, -0.25) is 9.29 Å². The van der Waals surface area contributed by atoms with Gasteiger partial charge in [-0.1, -0.05) is 24.3 Å². The van der Waals surface area contributed by atoms with Crippen molar-refractivity contribution in [2.45, 2.75) is 44.6 Å². The lowest BCUT2D eigenvalue weighted by atomic mass is 9.86. The van der Waals surface area contributed by atoms with Crippen molar-refractivity contribution in [2.24, 2.45) is 0 Å². The molecule has 2 heterocycles. The number of benzene rings is 2. The highest BCUT2D eigenvalue weighted by Gasteiger charge is 2.25. The average Bonchev–Trinajstić information content (AvgIpc) is 3.22. The maximum absolute atomic E-state index is 12.5. The quantitative estimate of drug-likeness (QED) is 0.567. The summed E-state index contributed by atoms with van der Waals surface area (Å²) in [5.41, 5.74) is 7.85. The number of ether oxygens (including phenoxy) is 1. The van der Waals surface area contributed by atoms with Crippen LogP contribution in [0.1, 0.15) is 50.2 Å². The second kappa shape index (κ2) is 10.7. The third kappa shape index (κ3) is 5.21. The van der Waals surface area contributed by atoms with Crippen LogP contribution in [0.2, 0.25) is 0 Å². The summed E-state index contributed by atoms with van der Waals surface area (Å²) >= 11 is 0. The molecule has 2 aromatic rings. The van der Waals surface area contributed by atoms with Gasteiger partial charge in [0.05, 0.1) is 6.67 Å². The average molecular weight is 465 g/mol. The minimum absolute atomic E-state index is 0. The number of nitrogens with zero attached hydrogens (tertiary/aromatic N) is 1. The fourth-order valence-corrected chi connectivity index (χ4v) is 5.59. The van der Waals surface area contributed by atoms with Gasteiger partial charge in [0.25, 0.3) is 0 Å². The molecule has 1 aliphatic carbocycles. The van der Waals surface area contributed by atoms with Crippen LogP contribution in [0.25, 0.3) is 5.57 Å². The molecule has 0 saturated carbocycles. The number of aryl methyl sites for hydroxylation is 1. The number of phenols is 1.